The highest BCUT2D eigenvalue weighted by Crippen LogP contribution is 2.01. The Balaban J connectivity index is 3.49. The summed E-state index contributed by atoms with van der Waals surface area (Å²) < 4.78 is 16.5. The van der Waals surface area contributed by atoms with E-state index in [9.17, 15) is 9.00 Å². The zero-order valence-corrected chi connectivity index (χ0v) is 9.38. The zero-order chi connectivity index (χ0) is 11.0. The SMILES string of the molecule is CCCCCCOS(=O)N(C)C(=O)O. The first-order valence-electron chi connectivity index (χ1n) is 4.61. The minimum absolute atomic E-state index is 0.338. The normalized spacial score (nSPS) is 12.4. The van der Waals surface area contributed by atoms with Gasteiger partial charge in [-0.2, -0.15) is 0 Å². The number of amides is 1. The molecule has 84 valence electrons. The van der Waals surface area contributed by atoms with Gasteiger partial charge in [-0.1, -0.05) is 26.2 Å². The Kier molecular flexibility index (Phi) is 7.41. The van der Waals surface area contributed by atoms with Crippen molar-refractivity contribution < 1.29 is 18.3 Å². The van der Waals surface area contributed by atoms with Gasteiger partial charge in [0.15, 0.2) is 0 Å². The minimum atomic E-state index is -1.87. The van der Waals surface area contributed by atoms with E-state index in [0.717, 1.165) is 25.7 Å². The van der Waals surface area contributed by atoms with Gasteiger partial charge in [-0.05, 0) is 6.42 Å². The second kappa shape index (κ2) is 7.75. The predicted molar refractivity (Wildman–Crippen MR) is 54.0 cm³/mol. The van der Waals surface area contributed by atoms with Crippen LogP contribution in [-0.2, 0) is 15.4 Å². The van der Waals surface area contributed by atoms with Crippen LogP contribution in [0.2, 0.25) is 0 Å². The fourth-order valence-corrected chi connectivity index (χ4v) is 1.35. The van der Waals surface area contributed by atoms with E-state index in [2.05, 4.69) is 6.92 Å². The zero-order valence-electron chi connectivity index (χ0n) is 8.56. The summed E-state index contributed by atoms with van der Waals surface area (Å²) in [5, 5.41) is 8.45. The monoisotopic (exact) mass is 223 g/mol. The quantitative estimate of drug-likeness (QED) is 0.668. The number of hydrogen-bond acceptors (Lipinski definition) is 3. The van der Waals surface area contributed by atoms with Crippen molar-refractivity contribution >= 4 is 17.4 Å². The van der Waals surface area contributed by atoms with Crippen molar-refractivity contribution in [2.75, 3.05) is 13.7 Å². The van der Waals surface area contributed by atoms with Gasteiger partial charge < -0.3 is 5.11 Å². The summed E-state index contributed by atoms with van der Waals surface area (Å²) in [6, 6.07) is 0. The Bertz CT molecular complexity index is 198. The molecule has 0 spiro atoms. The molecule has 0 heterocycles. The van der Waals surface area contributed by atoms with E-state index >= 15 is 0 Å². The summed E-state index contributed by atoms with van der Waals surface area (Å²) in [7, 11) is 1.21. The molecule has 0 rings (SSSR count). The second-order valence-corrected chi connectivity index (χ2v) is 4.10. The maximum atomic E-state index is 11.1. The molecule has 0 radical (unpaired) electrons. The molecule has 0 aromatic rings. The van der Waals surface area contributed by atoms with Crippen molar-refractivity contribution in [2.45, 2.75) is 32.6 Å². The fourth-order valence-electron chi connectivity index (χ4n) is 0.802. The number of rotatable bonds is 7. The third-order valence-electron chi connectivity index (χ3n) is 1.68. The van der Waals surface area contributed by atoms with Crippen LogP contribution in [0.15, 0.2) is 0 Å². The summed E-state index contributed by atoms with van der Waals surface area (Å²) in [5.41, 5.74) is 0. The van der Waals surface area contributed by atoms with Crippen molar-refractivity contribution in [1.29, 1.82) is 0 Å². The number of hydrogen-bond donors (Lipinski definition) is 1. The van der Waals surface area contributed by atoms with Crippen molar-refractivity contribution in [3.8, 4) is 0 Å². The van der Waals surface area contributed by atoms with Gasteiger partial charge in [-0.25, -0.2) is 13.3 Å². The van der Waals surface area contributed by atoms with Crippen LogP contribution in [0, 0.1) is 0 Å². The molecule has 1 N–H and O–H groups in total. The number of carbonyl (C=O) groups is 1. The summed E-state index contributed by atoms with van der Waals surface area (Å²) in [6.07, 6.45) is 2.82. The molecule has 1 amide bonds. The van der Waals surface area contributed by atoms with Gasteiger partial charge in [0.25, 0.3) is 11.3 Å². The van der Waals surface area contributed by atoms with Crippen LogP contribution in [0.5, 0.6) is 0 Å². The van der Waals surface area contributed by atoms with E-state index in [1.807, 2.05) is 0 Å². The third kappa shape index (κ3) is 5.93. The van der Waals surface area contributed by atoms with Gasteiger partial charge in [0, 0.05) is 7.05 Å². The van der Waals surface area contributed by atoms with Crippen molar-refractivity contribution in [3.63, 3.8) is 0 Å². The lowest BCUT2D eigenvalue weighted by atomic mass is 10.2. The van der Waals surface area contributed by atoms with Crippen LogP contribution < -0.4 is 0 Å². The lowest BCUT2D eigenvalue weighted by Crippen LogP contribution is -2.28. The Morgan fingerprint density at radius 3 is 2.57 bits per heavy atom. The molecule has 0 aliphatic rings. The minimum Gasteiger partial charge on any atom is -0.464 e. The van der Waals surface area contributed by atoms with Crippen LogP contribution in [-0.4, -0.2) is 33.4 Å². The van der Waals surface area contributed by atoms with E-state index in [1.165, 1.54) is 7.05 Å². The van der Waals surface area contributed by atoms with Crippen LogP contribution in [0.4, 0.5) is 4.79 Å². The first-order valence-corrected chi connectivity index (χ1v) is 5.64. The molecular weight excluding hydrogens is 206 g/mol. The first-order chi connectivity index (χ1) is 6.59. The Morgan fingerprint density at radius 1 is 1.43 bits per heavy atom. The highest BCUT2D eigenvalue weighted by Gasteiger charge is 2.13. The van der Waals surface area contributed by atoms with Gasteiger partial charge in [0.1, 0.15) is 0 Å². The van der Waals surface area contributed by atoms with E-state index in [4.69, 9.17) is 9.29 Å². The maximum absolute atomic E-state index is 11.1. The molecule has 0 bridgehead atoms. The summed E-state index contributed by atoms with van der Waals surface area (Å²) in [4.78, 5) is 10.3. The van der Waals surface area contributed by atoms with Gasteiger partial charge >= 0.3 is 6.09 Å². The van der Waals surface area contributed by atoms with Crippen LogP contribution in [0.3, 0.4) is 0 Å². The van der Waals surface area contributed by atoms with Crippen molar-refractivity contribution in [2.24, 2.45) is 0 Å². The van der Waals surface area contributed by atoms with Gasteiger partial charge in [0.05, 0.1) is 6.61 Å². The molecule has 1 unspecified atom stereocenters. The molecule has 5 nitrogen and oxygen atoms in total. The number of carboxylic acid groups (broad SMARTS) is 1. The Labute approximate surface area is 86.8 Å². The van der Waals surface area contributed by atoms with Gasteiger partial charge in [-0.15, -0.1) is 0 Å². The molecule has 0 saturated carbocycles. The van der Waals surface area contributed by atoms with E-state index < -0.39 is 17.4 Å². The highest BCUT2D eigenvalue weighted by atomic mass is 32.2. The third-order valence-corrected chi connectivity index (χ3v) is 2.65. The van der Waals surface area contributed by atoms with E-state index in [-0.39, 0.29) is 0 Å². The molecule has 0 aromatic carbocycles. The van der Waals surface area contributed by atoms with Crippen LogP contribution in [0.25, 0.3) is 0 Å². The smallest absolute Gasteiger partial charge is 0.420 e. The Hall–Kier alpha value is -0.620. The second-order valence-electron chi connectivity index (χ2n) is 2.88. The van der Waals surface area contributed by atoms with Gasteiger partial charge in [-0.3, -0.25) is 4.18 Å². The maximum Gasteiger partial charge on any atom is 0.420 e. The fraction of sp³-hybridized carbons (Fsp3) is 0.875. The molecule has 0 saturated heterocycles. The molecule has 0 aliphatic carbocycles. The van der Waals surface area contributed by atoms with E-state index in [1.54, 1.807) is 0 Å². The van der Waals surface area contributed by atoms with Crippen molar-refractivity contribution in [1.82, 2.24) is 4.31 Å². The average molecular weight is 223 g/mol. The molecule has 0 fully saturated rings. The van der Waals surface area contributed by atoms with Gasteiger partial charge in [0.2, 0.25) is 0 Å². The first kappa shape index (κ1) is 13.4. The molecule has 0 aliphatic heterocycles. The lowest BCUT2D eigenvalue weighted by Gasteiger charge is -2.10. The molecular formula is C8H17NO4S. The molecule has 0 aromatic heterocycles. The Morgan fingerprint density at radius 2 is 2.07 bits per heavy atom. The summed E-state index contributed by atoms with van der Waals surface area (Å²) in [6.45, 7) is 2.43. The number of nitrogens with zero attached hydrogens (tertiary/aromatic N) is 1. The lowest BCUT2D eigenvalue weighted by molar-refractivity contribution is 0.175. The predicted octanol–water partition coefficient (Wildman–Crippen LogP) is 1.77. The largest absolute Gasteiger partial charge is 0.464 e. The van der Waals surface area contributed by atoms with Crippen LogP contribution in [0.1, 0.15) is 32.6 Å². The molecule has 6 heteroatoms. The van der Waals surface area contributed by atoms with E-state index in [0.29, 0.717) is 10.9 Å². The molecule has 14 heavy (non-hydrogen) atoms. The summed E-state index contributed by atoms with van der Waals surface area (Å²) >= 11 is -1.87. The van der Waals surface area contributed by atoms with Crippen molar-refractivity contribution in [3.05, 3.63) is 0 Å². The average Bonchev–Trinajstić information content (AvgIpc) is 2.16. The molecule has 1 atom stereocenters. The standard InChI is InChI=1S/C8H17NO4S/c1-3-4-5-6-7-13-14(12)9(2)8(10)11/h3-7H2,1-2H3,(H,10,11). The summed E-state index contributed by atoms with van der Waals surface area (Å²) in [5.74, 6) is 0. The highest BCUT2D eigenvalue weighted by molar-refractivity contribution is 7.78. The van der Waals surface area contributed by atoms with Crippen LogP contribution >= 0.6 is 0 Å². The number of unbranched alkanes of at least 4 members (excludes halogenated alkanes) is 3. The topological polar surface area (TPSA) is 66.8 Å².